The van der Waals surface area contributed by atoms with Crippen molar-refractivity contribution in [2.45, 2.75) is 32.7 Å². The predicted molar refractivity (Wildman–Crippen MR) is 72.3 cm³/mol. The number of carbonyl (C=O) groups is 1. The summed E-state index contributed by atoms with van der Waals surface area (Å²) in [6.45, 7) is 7.52. The zero-order chi connectivity index (χ0) is 12.8. The van der Waals surface area contributed by atoms with Gasteiger partial charge in [-0.15, -0.1) is 33.2 Å². The summed E-state index contributed by atoms with van der Waals surface area (Å²) in [5, 5.41) is 0. The van der Waals surface area contributed by atoms with Crippen molar-refractivity contribution in [3.8, 4) is 0 Å². The molecule has 94 valence electrons. The molecule has 0 fully saturated rings. The summed E-state index contributed by atoms with van der Waals surface area (Å²) >= 11 is 17.5. The summed E-state index contributed by atoms with van der Waals surface area (Å²) in [6, 6.07) is -1.97. The van der Waals surface area contributed by atoms with Crippen molar-refractivity contribution in [1.82, 2.24) is 0 Å². The fourth-order valence-corrected chi connectivity index (χ4v) is 4.33. The molecule has 0 aromatic heterocycles. The van der Waals surface area contributed by atoms with Crippen molar-refractivity contribution >= 4 is 45.2 Å². The van der Waals surface area contributed by atoms with Gasteiger partial charge in [0.2, 0.25) is 0 Å². The minimum atomic E-state index is -2.58. The molecule has 0 heterocycles. The highest BCUT2D eigenvalue weighted by atomic mass is 35.8. The number of halogens is 3. The van der Waals surface area contributed by atoms with Crippen LogP contribution in [0, 0.1) is 5.92 Å². The molecule has 0 aromatic rings. The molecular weight excluding hydrogens is 287 g/mol. The van der Waals surface area contributed by atoms with Crippen molar-refractivity contribution in [1.29, 1.82) is 0 Å². The van der Waals surface area contributed by atoms with E-state index in [1.54, 1.807) is 6.92 Å². The number of rotatable bonds is 7. The molecule has 0 aliphatic heterocycles. The lowest BCUT2D eigenvalue weighted by molar-refractivity contribution is -0.139. The van der Waals surface area contributed by atoms with Gasteiger partial charge in [0.25, 0.3) is 0 Å². The first-order valence-electron chi connectivity index (χ1n) is 5.15. The Kier molecular flexibility index (Phi) is 7.73. The maximum absolute atomic E-state index is 11.1. The van der Waals surface area contributed by atoms with Crippen LogP contribution < -0.4 is 0 Å². The Morgan fingerprint density at radius 2 is 2.00 bits per heavy atom. The Morgan fingerprint density at radius 3 is 2.38 bits per heavy atom. The zero-order valence-electron chi connectivity index (χ0n) is 9.56. The highest BCUT2D eigenvalue weighted by molar-refractivity contribution is 7.64. The van der Waals surface area contributed by atoms with Crippen LogP contribution in [0.4, 0.5) is 0 Å². The van der Waals surface area contributed by atoms with E-state index in [9.17, 15) is 4.79 Å². The smallest absolute Gasteiger partial charge is 0.341 e. The molecule has 0 saturated carbocycles. The molecular formula is C10H17Cl3O2Si. The SMILES string of the molecule is C=C(C)C(=O)OCCC(CC)C[Si](Cl)(Cl)Cl. The predicted octanol–water partition coefficient (Wildman–Crippen LogP) is 4.18. The molecule has 0 saturated heterocycles. The Balaban J connectivity index is 3.89. The number of carbonyl (C=O) groups excluding carboxylic acids is 1. The second-order valence-electron chi connectivity index (χ2n) is 3.80. The second kappa shape index (κ2) is 7.59. The van der Waals surface area contributed by atoms with Gasteiger partial charge in [-0.1, -0.05) is 19.9 Å². The minimum Gasteiger partial charge on any atom is -0.462 e. The fraction of sp³-hybridized carbons (Fsp3) is 0.700. The summed E-state index contributed by atoms with van der Waals surface area (Å²) in [5.41, 5.74) is 0.406. The van der Waals surface area contributed by atoms with Gasteiger partial charge in [-0.25, -0.2) is 4.79 Å². The van der Waals surface area contributed by atoms with Crippen LogP contribution in [-0.4, -0.2) is 18.6 Å². The van der Waals surface area contributed by atoms with Gasteiger partial charge in [0, 0.05) is 5.57 Å². The summed E-state index contributed by atoms with van der Waals surface area (Å²) < 4.78 is 5.00. The van der Waals surface area contributed by atoms with E-state index >= 15 is 0 Å². The quantitative estimate of drug-likeness (QED) is 0.305. The van der Waals surface area contributed by atoms with Crippen molar-refractivity contribution in [3.63, 3.8) is 0 Å². The monoisotopic (exact) mass is 302 g/mol. The first kappa shape index (κ1) is 16.3. The summed E-state index contributed by atoms with van der Waals surface area (Å²) in [5.74, 6) is -0.0573. The zero-order valence-corrected chi connectivity index (χ0v) is 12.8. The third-order valence-corrected chi connectivity index (χ3v) is 4.63. The van der Waals surface area contributed by atoms with Gasteiger partial charge >= 0.3 is 12.0 Å². The van der Waals surface area contributed by atoms with Crippen molar-refractivity contribution in [2.24, 2.45) is 5.92 Å². The van der Waals surface area contributed by atoms with E-state index in [2.05, 4.69) is 6.58 Å². The molecule has 0 aromatic carbocycles. The third-order valence-electron chi connectivity index (χ3n) is 2.21. The van der Waals surface area contributed by atoms with E-state index in [0.29, 0.717) is 24.1 Å². The molecule has 16 heavy (non-hydrogen) atoms. The number of esters is 1. The first-order chi connectivity index (χ1) is 7.26. The summed E-state index contributed by atoms with van der Waals surface area (Å²) in [7, 11) is 0. The van der Waals surface area contributed by atoms with Crippen LogP contribution in [-0.2, 0) is 9.53 Å². The molecule has 0 aliphatic rings. The molecule has 0 spiro atoms. The van der Waals surface area contributed by atoms with Gasteiger partial charge in [0.15, 0.2) is 0 Å². The molecule has 1 atom stereocenters. The lowest BCUT2D eigenvalue weighted by Crippen LogP contribution is -2.18. The number of hydrogen-bond acceptors (Lipinski definition) is 2. The Labute approximate surface area is 112 Å². The molecule has 0 aliphatic carbocycles. The maximum atomic E-state index is 11.1. The van der Waals surface area contributed by atoms with Crippen LogP contribution >= 0.6 is 33.2 Å². The van der Waals surface area contributed by atoms with Gasteiger partial charge in [0.1, 0.15) is 0 Å². The maximum Gasteiger partial charge on any atom is 0.341 e. The van der Waals surface area contributed by atoms with Gasteiger partial charge in [-0.05, 0) is 25.3 Å². The number of ether oxygens (including phenoxy) is 1. The molecule has 0 N–H and O–H groups in total. The highest BCUT2D eigenvalue weighted by Crippen LogP contribution is 2.31. The normalized spacial score (nSPS) is 13.3. The van der Waals surface area contributed by atoms with Crippen LogP contribution in [0.3, 0.4) is 0 Å². The largest absolute Gasteiger partial charge is 0.462 e. The average molecular weight is 304 g/mol. The van der Waals surface area contributed by atoms with Crippen molar-refractivity contribution < 1.29 is 9.53 Å². The van der Waals surface area contributed by atoms with Gasteiger partial charge in [0.05, 0.1) is 6.61 Å². The van der Waals surface area contributed by atoms with E-state index in [1.165, 1.54) is 0 Å². The van der Waals surface area contributed by atoms with Crippen molar-refractivity contribution in [2.75, 3.05) is 6.61 Å². The molecule has 0 bridgehead atoms. The average Bonchev–Trinajstić information content (AvgIpc) is 2.13. The Hall–Kier alpha value is 0.297. The van der Waals surface area contributed by atoms with Crippen LogP contribution in [0.15, 0.2) is 12.2 Å². The van der Waals surface area contributed by atoms with Crippen LogP contribution in [0.5, 0.6) is 0 Å². The third kappa shape index (κ3) is 8.45. The Morgan fingerprint density at radius 1 is 1.44 bits per heavy atom. The van der Waals surface area contributed by atoms with Gasteiger partial charge < -0.3 is 4.74 Å². The van der Waals surface area contributed by atoms with Crippen LogP contribution in [0.25, 0.3) is 0 Å². The second-order valence-corrected chi connectivity index (χ2v) is 13.0. The highest BCUT2D eigenvalue weighted by Gasteiger charge is 2.28. The standard InChI is InChI=1S/C10H17Cl3O2Si/c1-4-9(7-16(11,12)13)5-6-15-10(14)8(2)3/h9H,2,4-7H2,1,3H3. The summed E-state index contributed by atoms with van der Waals surface area (Å²) in [4.78, 5) is 11.1. The van der Waals surface area contributed by atoms with Crippen molar-refractivity contribution in [3.05, 3.63) is 12.2 Å². The topological polar surface area (TPSA) is 26.3 Å². The van der Waals surface area contributed by atoms with E-state index in [1.807, 2.05) is 6.92 Å². The molecule has 0 amide bonds. The van der Waals surface area contributed by atoms with E-state index in [0.717, 1.165) is 12.8 Å². The van der Waals surface area contributed by atoms with Gasteiger partial charge in [-0.2, -0.15) is 0 Å². The lowest BCUT2D eigenvalue weighted by Gasteiger charge is -2.17. The molecule has 2 nitrogen and oxygen atoms in total. The molecule has 1 unspecified atom stereocenters. The lowest BCUT2D eigenvalue weighted by atomic mass is 10.1. The van der Waals surface area contributed by atoms with E-state index in [4.69, 9.17) is 38.0 Å². The van der Waals surface area contributed by atoms with Crippen LogP contribution in [0.1, 0.15) is 26.7 Å². The fourth-order valence-electron chi connectivity index (χ4n) is 1.22. The van der Waals surface area contributed by atoms with Crippen LogP contribution in [0.2, 0.25) is 6.04 Å². The minimum absolute atomic E-state index is 0.303. The van der Waals surface area contributed by atoms with E-state index in [-0.39, 0.29) is 5.97 Å². The molecule has 0 radical (unpaired) electrons. The molecule has 0 rings (SSSR count). The molecule has 6 heteroatoms. The number of hydrogen-bond donors (Lipinski definition) is 0. The van der Waals surface area contributed by atoms with E-state index < -0.39 is 6.00 Å². The van der Waals surface area contributed by atoms with Gasteiger partial charge in [-0.3, -0.25) is 0 Å². The first-order valence-corrected chi connectivity index (χ1v) is 10.4. The Bertz CT molecular complexity index is 251. The summed E-state index contributed by atoms with van der Waals surface area (Å²) in [6.07, 6.45) is 1.65.